The molecule has 3 heterocycles. The number of fused-ring (bicyclic) bond motifs is 1. The van der Waals surface area contributed by atoms with Crippen molar-refractivity contribution in [2.75, 3.05) is 19.5 Å². The highest BCUT2D eigenvalue weighted by Crippen LogP contribution is 2.43. The number of nitrogens with zero attached hydrogens (tertiary/aromatic N) is 4. The van der Waals surface area contributed by atoms with E-state index in [0.717, 1.165) is 22.6 Å². The Balaban J connectivity index is 1.88. The zero-order valence-electron chi connectivity index (χ0n) is 12.6. The van der Waals surface area contributed by atoms with Crippen molar-refractivity contribution in [1.29, 1.82) is 0 Å². The van der Waals surface area contributed by atoms with E-state index in [4.69, 9.17) is 9.72 Å². The summed E-state index contributed by atoms with van der Waals surface area (Å²) in [5.74, 6) is 2.14. The molecule has 0 spiro atoms. The van der Waals surface area contributed by atoms with Gasteiger partial charge in [0.2, 0.25) is 5.88 Å². The van der Waals surface area contributed by atoms with E-state index < -0.39 is 0 Å². The second kappa shape index (κ2) is 4.98. The van der Waals surface area contributed by atoms with E-state index in [1.807, 2.05) is 29.9 Å². The van der Waals surface area contributed by atoms with Crippen LogP contribution in [0.3, 0.4) is 0 Å². The standard InChI is InChI=1S/C16H17N5O/c1-17-15-13(10-3-4-10)9-21-16(20-15)12(8-19-21)11-5-6-18-14(7-11)22-2/h5-10H,3-4H2,1-2H3,(H,17,20). The minimum Gasteiger partial charge on any atom is -0.481 e. The molecule has 6 heteroatoms. The second-order valence-corrected chi connectivity index (χ2v) is 5.48. The Labute approximate surface area is 128 Å². The molecule has 112 valence electrons. The van der Waals surface area contributed by atoms with Gasteiger partial charge in [-0.25, -0.2) is 14.5 Å². The van der Waals surface area contributed by atoms with Gasteiger partial charge in [0.1, 0.15) is 5.82 Å². The molecule has 0 atom stereocenters. The van der Waals surface area contributed by atoms with Crippen LogP contribution in [0.25, 0.3) is 16.8 Å². The molecule has 1 saturated carbocycles. The first kappa shape index (κ1) is 13.1. The largest absolute Gasteiger partial charge is 0.481 e. The van der Waals surface area contributed by atoms with Gasteiger partial charge in [-0.15, -0.1) is 0 Å². The van der Waals surface area contributed by atoms with Crippen LogP contribution < -0.4 is 10.1 Å². The summed E-state index contributed by atoms with van der Waals surface area (Å²) in [6, 6.07) is 3.83. The van der Waals surface area contributed by atoms with Crippen LogP contribution in [-0.4, -0.2) is 33.7 Å². The van der Waals surface area contributed by atoms with E-state index in [2.05, 4.69) is 21.6 Å². The summed E-state index contributed by atoms with van der Waals surface area (Å²) in [6.45, 7) is 0. The van der Waals surface area contributed by atoms with E-state index >= 15 is 0 Å². The maximum absolute atomic E-state index is 5.20. The molecule has 6 nitrogen and oxygen atoms in total. The number of hydrogen-bond acceptors (Lipinski definition) is 5. The SMILES string of the molecule is CNc1nc2c(-c3ccnc(OC)c3)cnn2cc1C1CC1. The third-order valence-corrected chi connectivity index (χ3v) is 4.03. The molecule has 0 saturated heterocycles. The van der Waals surface area contributed by atoms with Gasteiger partial charge in [0.05, 0.1) is 13.3 Å². The molecular weight excluding hydrogens is 278 g/mol. The van der Waals surface area contributed by atoms with Crippen molar-refractivity contribution in [1.82, 2.24) is 19.6 Å². The Morgan fingerprint density at radius 2 is 2.23 bits per heavy atom. The lowest BCUT2D eigenvalue weighted by atomic mass is 10.1. The first-order valence-corrected chi connectivity index (χ1v) is 7.36. The average molecular weight is 295 g/mol. The molecule has 3 aromatic heterocycles. The molecule has 0 unspecified atom stereocenters. The predicted octanol–water partition coefficient (Wildman–Crippen LogP) is 2.72. The van der Waals surface area contributed by atoms with Crippen molar-refractivity contribution < 1.29 is 4.74 Å². The van der Waals surface area contributed by atoms with E-state index in [1.165, 1.54) is 18.4 Å². The van der Waals surface area contributed by atoms with Crippen molar-refractivity contribution in [2.45, 2.75) is 18.8 Å². The molecule has 0 amide bonds. The highest BCUT2D eigenvalue weighted by atomic mass is 16.5. The molecule has 1 aliphatic rings. The predicted molar refractivity (Wildman–Crippen MR) is 84.3 cm³/mol. The highest BCUT2D eigenvalue weighted by molar-refractivity contribution is 5.78. The third kappa shape index (κ3) is 2.07. The summed E-state index contributed by atoms with van der Waals surface area (Å²) in [6.07, 6.45) is 8.13. The fourth-order valence-corrected chi connectivity index (χ4v) is 2.71. The van der Waals surface area contributed by atoms with Gasteiger partial charge in [-0.05, 0) is 30.4 Å². The minimum absolute atomic E-state index is 0.584. The lowest BCUT2D eigenvalue weighted by Crippen LogP contribution is -2.02. The van der Waals surface area contributed by atoms with Crippen molar-refractivity contribution in [3.05, 3.63) is 36.3 Å². The molecular formula is C16H17N5O. The van der Waals surface area contributed by atoms with Gasteiger partial charge < -0.3 is 10.1 Å². The van der Waals surface area contributed by atoms with Gasteiger partial charge >= 0.3 is 0 Å². The summed E-state index contributed by atoms with van der Waals surface area (Å²) in [5.41, 5.74) is 4.05. The Bertz CT molecular complexity index is 838. The fourth-order valence-electron chi connectivity index (χ4n) is 2.71. The van der Waals surface area contributed by atoms with Crippen molar-refractivity contribution >= 4 is 11.5 Å². The van der Waals surface area contributed by atoms with Crippen LogP contribution in [0.1, 0.15) is 24.3 Å². The Morgan fingerprint density at radius 3 is 2.95 bits per heavy atom. The van der Waals surface area contributed by atoms with Crippen molar-refractivity contribution in [3.63, 3.8) is 0 Å². The number of ether oxygens (including phenoxy) is 1. The van der Waals surface area contributed by atoms with Crippen molar-refractivity contribution in [2.24, 2.45) is 0 Å². The fraction of sp³-hybridized carbons (Fsp3) is 0.312. The molecule has 3 aromatic rings. The van der Waals surface area contributed by atoms with E-state index in [9.17, 15) is 0 Å². The molecule has 1 N–H and O–H groups in total. The lowest BCUT2D eigenvalue weighted by molar-refractivity contribution is 0.398. The summed E-state index contributed by atoms with van der Waals surface area (Å²) < 4.78 is 7.06. The van der Waals surface area contributed by atoms with Gasteiger partial charge in [-0.3, -0.25) is 0 Å². The molecule has 0 aliphatic heterocycles. The maximum Gasteiger partial charge on any atom is 0.213 e. The number of anilines is 1. The van der Waals surface area contributed by atoms with Crippen LogP contribution in [0.4, 0.5) is 5.82 Å². The lowest BCUT2D eigenvalue weighted by Gasteiger charge is -2.08. The first-order valence-electron chi connectivity index (χ1n) is 7.36. The zero-order valence-corrected chi connectivity index (χ0v) is 12.6. The smallest absolute Gasteiger partial charge is 0.213 e. The van der Waals surface area contributed by atoms with Crippen LogP contribution in [0.15, 0.2) is 30.7 Å². The summed E-state index contributed by atoms with van der Waals surface area (Å²) >= 11 is 0. The molecule has 0 radical (unpaired) electrons. The number of hydrogen-bond donors (Lipinski definition) is 1. The topological polar surface area (TPSA) is 64.3 Å². The normalized spacial score (nSPS) is 14.3. The zero-order chi connectivity index (χ0) is 15.1. The van der Waals surface area contributed by atoms with Crippen LogP contribution in [0, 0.1) is 0 Å². The van der Waals surface area contributed by atoms with Crippen LogP contribution in [0.2, 0.25) is 0 Å². The van der Waals surface area contributed by atoms with Gasteiger partial charge in [0.15, 0.2) is 5.65 Å². The van der Waals surface area contributed by atoms with Crippen LogP contribution >= 0.6 is 0 Å². The molecule has 1 aliphatic carbocycles. The summed E-state index contributed by atoms with van der Waals surface area (Å²) in [4.78, 5) is 8.92. The Kier molecular flexibility index (Phi) is 2.96. The van der Waals surface area contributed by atoms with Gasteiger partial charge in [-0.1, -0.05) is 0 Å². The number of aromatic nitrogens is 4. The van der Waals surface area contributed by atoms with E-state index in [0.29, 0.717) is 11.8 Å². The molecule has 22 heavy (non-hydrogen) atoms. The molecule has 0 bridgehead atoms. The Morgan fingerprint density at radius 1 is 1.36 bits per heavy atom. The van der Waals surface area contributed by atoms with Crippen LogP contribution in [0.5, 0.6) is 5.88 Å². The average Bonchev–Trinajstić information content (AvgIpc) is 3.33. The van der Waals surface area contributed by atoms with Crippen LogP contribution in [-0.2, 0) is 0 Å². The third-order valence-electron chi connectivity index (χ3n) is 4.03. The summed E-state index contributed by atoms with van der Waals surface area (Å²) in [7, 11) is 3.53. The number of methoxy groups -OCH3 is 1. The van der Waals surface area contributed by atoms with E-state index in [-0.39, 0.29) is 0 Å². The Hall–Kier alpha value is -2.63. The van der Waals surface area contributed by atoms with Gasteiger partial charge in [-0.2, -0.15) is 5.10 Å². The first-order chi connectivity index (χ1) is 10.8. The second-order valence-electron chi connectivity index (χ2n) is 5.48. The molecule has 4 rings (SSSR count). The quantitative estimate of drug-likeness (QED) is 0.801. The summed E-state index contributed by atoms with van der Waals surface area (Å²) in [5, 5.41) is 7.67. The minimum atomic E-state index is 0.584. The molecule has 1 fully saturated rings. The van der Waals surface area contributed by atoms with Gasteiger partial charge in [0.25, 0.3) is 0 Å². The number of pyridine rings is 1. The van der Waals surface area contributed by atoms with E-state index in [1.54, 1.807) is 13.3 Å². The maximum atomic E-state index is 5.20. The monoisotopic (exact) mass is 295 g/mol. The molecule has 0 aromatic carbocycles. The number of rotatable bonds is 4. The van der Waals surface area contributed by atoms with Crippen molar-refractivity contribution in [3.8, 4) is 17.0 Å². The number of nitrogens with one attached hydrogen (secondary N) is 1. The highest BCUT2D eigenvalue weighted by Gasteiger charge is 2.28. The van der Waals surface area contributed by atoms with Gasteiger partial charge in [0, 0.05) is 36.6 Å².